The lowest BCUT2D eigenvalue weighted by Gasteiger charge is -2.32. The molecular formula is C15H24ClN3O3S. The fourth-order valence-corrected chi connectivity index (χ4v) is 3.36. The standard InChI is InChI=1S/C15H24ClN3O3S/c1-3-12(2)22-15-5-4-13(10-14(15)16)11-18-6-8-19(9-7-18)23(17,20)21/h4-5,10,12H,3,6-9,11H2,1-2H3,(H2,17,20,21)/t12-/m1/s1. The lowest BCUT2D eigenvalue weighted by molar-refractivity contribution is 0.181. The van der Waals surface area contributed by atoms with Gasteiger partial charge in [-0.3, -0.25) is 4.90 Å². The second kappa shape index (κ2) is 7.81. The summed E-state index contributed by atoms with van der Waals surface area (Å²) in [5.74, 6) is 0.698. The Morgan fingerprint density at radius 1 is 1.30 bits per heavy atom. The Labute approximate surface area is 143 Å². The Morgan fingerprint density at radius 2 is 1.96 bits per heavy atom. The Morgan fingerprint density at radius 3 is 2.48 bits per heavy atom. The highest BCUT2D eigenvalue weighted by atomic mass is 35.5. The number of piperazine rings is 1. The molecule has 1 aliphatic heterocycles. The second-order valence-corrected chi connectivity index (χ2v) is 7.78. The third-order valence-corrected chi connectivity index (χ3v) is 5.38. The first-order chi connectivity index (χ1) is 10.8. The molecule has 0 amide bonds. The fraction of sp³-hybridized carbons (Fsp3) is 0.600. The van der Waals surface area contributed by atoms with Gasteiger partial charge in [0.15, 0.2) is 0 Å². The maximum atomic E-state index is 11.3. The Hall–Kier alpha value is -0.860. The highest BCUT2D eigenvalue weighted by molar-refractivity contribution is 7.86. The molecule has 1 aromatic carbocycles. The zero-order chi connectivity index (χ0) is 17.0. The average Bonchev–Trinajstić information content (AvgIpc) is 2.49. The van der Waals surface area contributed by atoms with E-state index in [0.717, 1.165) is 18.5 Å². The van der Waals surface area contributed by atoms with Crippen LogP contribution in [0.3, 0.4) is 0 Å². The Bertz CT molecular complexity index is 631. The summed E-state index contributed by atoms with van der Waals surface area (Å²) in [5, 5.41) is 5.75. The normalized spacial score (nSPS) is 18.8. The molecule has 0 bridgehead atoms. The average molecular weight is 362 g/mol. The maximum absolute atomic E-state index is 11.3. The minimum absolute atomic E-state index is 0.129. The highest BCUT2D eigenvalue weighted by Gasteiger charge is 2.23. The van der Waals surface area contributed by atoms with Gasteiger partial charge in [0.1, 0.15) is 5.75 Å². The third kappa shape index (κ3) is 5.32. The van der Waals surface area contributed by atoms with Crippen molar-refractivity contribution >= 4 is 21.8 Å². The van der Waals surface area contributed by atoms with E-state index < -0.39 is 10.2 Å². The first-order valence-electron chi connectivity index (χ1n) is 7.75. The van der Waals surface area contributed by atoms with Gasteiger partial charge in [0.05, 0.1) is 11.1 Å². The monoisotopic (exact) mass is 361 g/mol. The predicted octanol–water partition coefficient (Wildman–Crippen LogP) is 1.84. The van der Waals surface area contributed by atoms with E-state index in [1.807, 2.05) is 25.1 Å². The van der Waals surface area contributed by atoms with Crippen molar-refractivity contribution in [3.05, 3.63) is 28.8 Å². The molecule has 0 aromatic heterocycles. The van der Waals surface area contributed by atoms with E-state index in [1.165, 1.54) is 4.31 Å². The molecule has 2 N–H and O–H groups in total. The van der Waals surface area contributed by atoms with Crippen molar-refractivity contribution in [1.82, 2.24) is 9.21 Å². The van der Waals surface area contributed by atoms with Crippen molar-refractivity contribution < 1.29 is 13.2 Å². The van der Waals surface area contributed by atoms with Crippen LogP contribution in [0.2, 0.25) is 5.02 Å². The Balaban J connectivity index is 1.93. The van der Waals surface area contributed by atoms with E-state index in [2.05, 4.69) is 11.8 Å². The van der Waals surface area contributed by atoms with Crippen molar-refractivity contribution in [3.63, 3.8) is 0 Å². The van der Waals surface area contributed by atoms with Crippen LogP contribution in [0.25, 0.3) is 0 Å². The topological polar surface area (TPSA) is 75.9 Å². The van der Waals surface area contributed by atoms with Crippen molar-refractivity contribution in [2.45, 2.75) is 32.9 Å². The minimum atomic E-state index is -3.58. The molecule has 1 atom stereocenters. The molecule has 0 spiro atoms. The van der Waals surface area contributed by atoms with Gasteiger partial charge in [0, 0.05) is 32.7 Å². The van der Waals surface area contributed by atoms with Crippen molar-refractivity contribution in [2.24, 2.45) is 5.14 Å². The number of halogens is 1. The predicted molar refractivity (Wildman–Crippen MR) is 91.8 cm³/mol. The van der Waals surface area contributed by atoms with Gasteiger partial charge in [0.2, 0.25) is 0 Å². The zero-order valence-corrected chi connectivity index (χ0v) is 15.1. The first-order valence-corrected chi connectivity index (χ1v) is 9.63. The molecule has 6 nitrogen and oxygen atoms in total. The number of benzene rings is 1. The van der Waals surface area contributed by atoms with Crippen LogP contribution in [0, 0.1) is 0 Å². The summed E-state index contributed by atoms with van der Waals surface area (Å²) in [6.07, 6.45) is 1.05. The van der Waals surface area contributed by atoms with Gasteiger partial charge in [0.25, 0.3) is 10.2 Å². The number of rotatable bonds is 6. The minimum Gasteiger partial charge on any atom is -0.489 e. The van der Waals surface area contributed by atoms with E-state index in [-0.39, 0.29) is 6.10 Å². The van der Waals surface area contributed by atoms with E-state index in [9.17, 15) is 8.42 Å². The van der Waals surface area contributed by atoms with Crippen LogP contribution in [0.15, 0.2) is 18.2 Å². The molecule has 0 unspecified atom stereocenters. The molecule has 1 heterocycles. The molecule has 0 saturated carbocycles. The first kappa shape index (κ1) is 18.5. The summed E-state index contributed by atoms with van der Waals surface area (Å²) >= 11 is 6.28. The summed E-state index contributed by atoms with van der Waals surface area (Å²) in [6, 6.07) is 5.80. The molecular weight excluding hydrogens is 338 g/mol. The van der Waals surface area contributed by atoms with Gasteiger partial charge in [-0.2, -0.15) is 12.7 Å². The van der Waals surface area contributed by atoms with Crippen LogP contribution in [0.5, 0.6) is 5.75 Å². The lowest BCUT2D eigenvalue weighted by atomic mass is 10.2. The summed E-state index contributed by atoms with van der Waals surface area (Å²) in [5.41, 5.74) is 1.08. The molecule has 130 valence electrons. The zero-order valence-electron chi connectivity index (χ0n) is 13.5. The number of hydrogen-bond acceptors (Lipinski definition) is 4. The fourth-order valence-electron chi connectivity index (χ4n) is 2.44. The molecule has 0 radical (unpaired) electrons. The summed E-state index contributed by atoms with van der Waals surface area (Å²) < 4.78 is 29.7. The van der Waals surface area contributed by atoms with Gasteiger partial charge >= 0.3 is 0 Å². The molecule has 1 fully saturated rings. The van der Waals surface area contributed by atoms with E-state index in [4.69, 9.17) is 21.5 Å². The molecule has 23 heavy (non-hydrogen) atoms. The van der Waals surface area contributed by atoms with Crippen LogP contribution in [-0.2, 0) is 16.8 Å². The second-order valence-electron chi connectivity index (χ2n) is 5.82. The lowest BCUT2D eigenvalue weighted by Crippen LogP contribution is -2.50. The third-order valence-electron chi connectivity index (χ3n) is 4.00. The molecule has 1 saturated heterocycles. The number of nitrogens with zero attached hydrogens (tertiary/aromatic N) is 2. The largest absolute Gasteiger partial charge is 0.489 e. The van der Waals surface area contributed by atoms with Crippen LogP contribution in [0.4, 0.5) is 0 Å². The van der Waals surface area contributed by atoms with Crippen molar-refractivity contribution in [3.8, 4) is 5.75 Å². The smallest absolute Gasteiger partial charge is 0.276 e. The van der Waals surface area contributed by atoms with Gasteiger partial charge in [-0.15, -0.1) is 0 Å². The van der Waals surface area contributed by atoms with Crippen LogP contribution in [0.1, 0.15) is 25.8 Å². The molecule has 1 aliphatic rings. The SMILES string of the molecule is CC[C@@H](C)Oc1ccc(CN2CCN(S(N)(=O)=O)CC2)cc1Cl. The van der Waals surface area contributed by atoms with Gasteiger partial charge in [-0.25, -0.2) is 5.14 Å². The number of hydrogen-bond donors (Lipinski definition) is 1. The van der Waals surface area contributed by atoms with Crippen LogP contribution >= 0.6 is 11.6 Å². The highest BCUT2D eigenvalue weighted by Crippen LogP contribution is 2.27. The van der Waals surface area contributed by atoms with Crippen molar-refractivity contribution in [2.75, 3.05) is 26.2 Å². The molecule has 2 rings (SSSR count). The molecule has 0 aliphatic carbocycles. The van der Waals surface area contributed by atoms with Gasteiger partial charge in [-0.1, -0.05) is 24.6 Å². The van der Waals surface area contributed by atoms with Crippen molar-refractivity contribution in [1.29, 1.82) is 0 Å². The maximum Gasteiger partial charge on any atom is 0.276 e. The van der Waals surface area contributed by atoms with E-state index in [0.29, 0.717) is 37.0 Å². The molecule has 8 heteroatoms. The molecule has 1 aromatic rings. The van der Waals surface area contributed by atoms with Gasteiger partial charge < -0.3 is 4.74 Å². The van der Waals surface area contributed by atoms with Crippen LogP contribution < -0.4 is 9.88 Å². The van der Waals surface area contributed by atoms with E-state index in [1.54, 1.807) is 0 Å². The summed E-state index contributed by atoms with van der Waals surface area (Å²) in [7, 11) is -3.58. The number of ether oxygens (including phenoxy) is 1. The summed E-state index contributed by atoms with van der Waals surface area (Å²) in [6.45, 7) is 6.94. The number of nitrogens with two attached hydrogens (primary N) is 1. The summed E-state index contributed by atoms with van der Waals surface area (Å²) in [4.78, 5) is 2.18. The van der Waals surface area contributed by atoms with E-state index >= 15 is 0 Å². The van der Waals surface area contributed by atoms with Crippen LogP contribution in [-0.4, -0.2) is 49.9 Å². The quantitative estimate of drug-likeness (QED) is 0.838. The van der Waals surface area contributed by atoms with Gasteiger partial charge in [-0.05, 0) is 31.0 Å². The Kier molecular flexibility index (Phi) is 6.27.